The lowest BCUT2D eigenvalue weighted by Gasteiger charge is -2.20. The standard InChI is InChI=1S/C14H20N2O3/c1-14(2,3)16-12(17)9-15-8-10-5-4-6-11(7-10)13(18)19/h4-7,15H,8-9H2,1-3H3,(H,16,17)(H,18,19). The third kappa shape index (κ3) is 6.01. The Balaban J connectivity index is 2.43. The number of rotatable bonds is 5. The van der Waals surface area contributed by atoms with E-state index in [2.05, 4.69) is 10.6 Å². The summed E-state index contributed by atoms with van der Waals surface area (Å²) in [5, 5.41) is 14.7. The van der Waals surface area contributed by atoms with Crippen molar-refractivity contribution < 1.29 is 14.7 Å². The van der Waals surface area contributed by atoms with Gasteiger partial charge in [0, 0.05) is 12.1 Å². The molecule has 0 aliphatic rings. The molecule has 1 aromatic carbocycles. The van der Waals surface area contributed by atoms with Gasteiger partial charge in [-0.2, -0.15) is 0 Å². The lowest BCUT2D eigenvalue weighted by Crippen LogP contribution is -2.44. The maximum atomic E-state index is 11.6. The first-order chi connectivity index (χ1) is 8.78. The molecule has 1 rings (SSSR count). The summed E-state index contributed by atoms with van der Waals surface area (Å²) in [5.74, 6) is -1.03. The van der Waals surface area contributed by atoms with Crippen molar-refractivity contribution in [2.24, 2.45) is 0 Å². The highest BCUT2D eigenvalue weighted by molar-refractivity contribution is 5.87. The molecule has 0 saturated heterocycles. The number of hydrogen-bond acceptors (Lipinski definition) is 3. The second kappa shape index (κ2) is 6.33. The summed E-state index contributed by atoms with van der Waals surface area (Å²) in [7, 11) is 0. The van der Waals surface area contributed by atoms with Crippen LogP contribution in [0.3, 0.4) is 0 Å². The normalized spacial score (nSPS) is 11.1. The van der Waals surface area contributed by atoms with Crippen LogP contribution in [0.1, 0.15) is 36.7 Å². The zero-order chi connectivity index (χ0) is 14.5. The van der Waals surface area contributed by atoms with Gasteiger partial charge in [0.1, 0.15) is 0 Å². The molecule has 19 heavy (non-hydrogen) atoms. The molecule has 1 aromatic rings. The van der Waals surface area contributed by atoms with Crippen LogP contribution in [0.25, 0.3) is 0 Å². The first-order valence-electron chi connectivity index (χ1n) is 6.12. The number of carboxylic acids is 1. The Labute approximate surface area is 113 Å². The Hall–Kier alpha value is -1.88. The summed E-state index contributed by atoms with van der Waals surface area (Å²) in [6.07, 6.45) is 0. The van der Waals surface area contributed by atoms with Crippen molar-refractivity contribution in [3.63, 3.8) is 0 Å². The molecule has 104 valence electrons. The molecule has 1 amide bonds. The van der Waals surface area contributed by atoms with Crippen LogP contribution in [0, 0.1) is 0 Å². The maximum absolute atomic E-state index is 11.6. The first kappa shape index (κ1) is 15.2. The number of hydrogen-bond donors (Lipinski definition) is 3. The smallest absolute Gasteiger partial charge is 0.335 e. The molecule has 0 aromatic heterocycles. The molecule has 0 saturated carbocycles. The van der Waals surface area contributed by atoms with Gasteiger partial charge in [-0.15, -0.1) is 0 Å². The molecule has 5 nitrogen and oxygen atoms in total. The van der Waals surface area contributed by atoms with Gasteiger partial charge >= 0.3 is 5.97 Å². The number of aromatic carboxylic acids is 1. The van der Waals surface area contributed by atoms with Crippen LogP contribution in [0.2, 0.25) is 0 Å². The van der Waals surface area contributed by atoms with Crippen LogP contribution in [0.5, 0.6) is 0 Å². The van der Waals surface area contributed by atoms with Crippen molar-refractivity contribution in [1.29, 1.82) is 0 Å². The lowest BCUT2D eigenvalue weighted by atomic mass is 10.1. The number of amides is 1. The SMILES string of the molecule is CC(C)(C)NC(=O)CNCc1cccc(C(=O)O)c1. The van der Waals surface area contributed by atoms with Crippen molar-refractivity contribution in [3.8, 4) is 0 Å². The third-order valence-electron chi connectivity index (χ3n) is 2.30. The van der Waals surface area contributed by atoms with E-state index < -0.39 is 5.97 Å². The first-order valence-corrected chi connectivity index (χ1v) is 6.12. The van der Waals surface area contributed by atoms with Crippen LogP contribution in [0.4, 0.5) is 0 Å². The van der Waals surface area contributed by atoms with Crippen molar-refractivity contribution in [2.45, 2.75) is 32.9 Å². The summed E-state index contributed by atoms with van der Waals surface area (Å²) < 4.78 is 0. The summed E-state index contributed by atoms with van der Waals surface area (Å²) in [5.41, 5.74) is 0.837. The molecule has 0 atom stereocenters. The number of carboxylic acid groups (broad SMARTS) is 1. The highest BCUT2D eigenvalue weighted by Gasteiger charge is 2.12. The molecule has 5 heteroatoms. The predicted octanol–water partition coefficient (Wildman–Crippen LogP) is 1.39. The van der Waals surface area contributed by atoms with Crippen LogP contribution < -0.4 is 10.6 Å². The second-order valence-electron chi connectivity index (χ2n) is 5.41. The van der Waals surface area contributed by atoms with E-state index in [1.807, 2.05) is 26.8 Å². The summed E-state index contributed by atoms with van der Waals surface area (Å²) in [6, 6.07) is 6.64. The fourth-order valence-electron chi connectivity index (χ4n) is 1.60. The number of benzene rings is 1. The summed E-state index contributed by atoms with van der Waals surface area (Å²) >= 11 is 0. The monoisotopic (exact) mass is 264 g/mol. The Morgan fingerprint density at radius 1 is 1.26 bits per heavy atom. The molecule has 0 bridgehead atoms. The molecule has 0 heterocycles. The Kier molecular flexibility index (Phi) is 5.06. The summed E-state index contributed by atoms with van der Waals surface area (Å²) in [6.45, 7) is 6.41. The van der Waals surface area contributed by atoms with E-state index in [1.54, 1.807) is 12.1 Å². The van der Waals surface area contributed by atoms with Gasteiger partial charge in [0.05, 0.1) is 12.1 Å². The maximum Gasteiger partial charge on any atom is 0.335 e. The van der Waals surface area contributed by atoms with Crippen molar-refractivity contribution in [1.82, 2.24) is 10.6 Å². The van der Waals surface area contributed by atoms with Gasteiger partial charge in [0.2, 0.25) is 5.91 Å². The second-order valence-corrected chi connectivity index (χ2v) is 5.41. The van der Waals surface area contributed by atoms with Gasteiger partial charge in [-0.25, -0.2) is 4.79 Å². The van der Waals surface area contributed by atoms with E-state index in [1.165, 1.54) is 6.07 Å². The molecule has 0 aliphatic carbocycles. The van der Waals surface area contributed by atoms with Gasteiger partial charge < -0.3 is 15.7 Å². The van der Waals surface area contributed by atoms with Gasteiger partial charge in [-0.1, -0.05) is 12.1 Å². The van der Waals surface area contributed by atoms with Crippen LogP contribution in [-0.2, 0) is 11.3 Å². The van der Waals surface area contributed by atoms with Gasteiger partial charge in [0.15, 0.2) is 0 Å². The fraction of sp³-hybridized carbons (Fsp3) is 0.429. The molecule has 0 radical (unpaired) electrons. The minimum absolute atomic E-state index is 0.0816. The van der Waals surface area contributed by atoms with E-state index in [4.69, 9.17) is 5.11 Å². The van der Waals surface area contributed by atoms with Crippen molar-refractivity contribution in [2.75, 3.05) is 6.54 Å². The topological polar surface area (TPSA) is 78.4 Å². The van der Waals surface area contributed by atoms with E-state index in [0.29, 0.717) is 6.54 Å². The largest absolute Gasteiger partial charge is 0.478 e. The van der Waals surface area contributed by atoms with Gasteiger partial charge in [-0.3, -0.25) is 4.79 Å². The van der Waals surface area contributed by atoms with Crippen molar-refractivity contribution >= 4 is 11.9 Å². The molecule has 0 unspecified atom stereocenters. The zero-order valence-electron chi connectivity index (χ0n) is 11.5. The zero-order valence-corrected chi connectivity index (χ0v) is 11.5. The minimum atomic E-state index is -0.952. The quantitative estimate of drug-likeness (QED) is 0.751. The minimum Gasteiger partial charge on any atom is -0.478 e. The highest BCUT2D eigenvalue weighted by Crippen LogP contribution is 2.05. The van der Waals surface area contributed by atoms with E-state index in [-0.39, 0.29) is 23.6 Å². The molecule has 0 aliphatic heterocycles. The molecule has 3 N–H and O–H groups in total. The van der Waals surface area contributed by atoms with Gasteiger partial charge in [-0.05, 0) is 38.5 Å². The Morgan fingerprint density at radius 2 is 1.95 bits per heavy atom. The highest BCUT2D eigenvalue weighted by atomic mass is 16.4. The lowest BCUT2D eigenvalue weighted by molar-refractivity contribution is -0.121. The van der Waals surface area contributed by atoms with Crippen LogP contribution >= 0.6 is 0 Å². The van der Waals surface area contributed by atoms with E-state index in [0.717, 1.165) is 5.56 Å². The molecular formula is C14H20N2O3. The van der Waals surface area contributed by atoms with E-state index in [9.17, 15) is 9.59 Å². The van der Waals surface area contributed by atoms with E-state index >= 15 is 0 Å². The predicted molar refractivity (Wildman–Crippen MR) is 73.0 cm³/mol. The Morgan fingerprint density at radius 3 is 2.53 bits per heavy atom. The average molecular weight is 264 g/mol. The Bertz CT molecular complexity index is 464. The van der Waals surface area contributed by atoms with Crippen molar-refractivity contribution in [3.05, 3.63) is 35.4 Å². The molecular weight excluding hydrogens is 244 g/mol. The van der Waals surface area contributed by atoms with Crippen LogP contribution in [0.15, 0.2) is 24.3 Å². The number of nitrogens with one attached hydrogen (secondary N) is 2. The number of carbonyl (C=O) groups excluding carboxylic acids is 1. The van der Waals surface area contributed by atoms with Gasteiger partial charge in [0.25, 0.3) is 0 Å². The molecule has 0 spiro atoms. The summed E-state index contributed by atoms with van der Waals surface area (Å²) in [4.78, 5) is 22.4. The fourth-order valence-corrected chi connectivity index (χ4v) is 1.60. The average Bonchev–Trinajstić information content (AvgIpc) is 2.27. The number of carbonyl (C=O) groups is 2. The van der Waals surface area contributed by atoms with Crippen LogP contribution in [-0.4, -0.2) is 29.1 Å². The third-order valence-corrected chi connectivity index (χ3v) is 2.30. The molecule has 0 fully saturated rings.